The summed E-state index contributed by atoms with van der Waals surface area (Å²) in [6.07, 6.45) is -0.240. The van der Waals surface area contributed by atoms with Crippen molar-refractivity contribution in [3.63, 3.8) is 0 Å². The minimum absolute atomic E-state index is 0.0141. The van der Waals surface area contributed by atoms with Crippen molar-refractivity contribution >= 4 is 44.1 Å². The molecule has 2 aliphatic rings. The number of anilines is 1. The molecule has 1 aromatic heterocycles. The highest BCUT2D eigenvalue weighted by Crippen LogP contribution is 2.30. The number of amides is 1. The van der Waals surface area contributed by atoms with E-state index >= 15 is 0 Å². The third-order valence-corrected chi connectivity index (χ3v) is 8.90. The van der Waals surface area contributed by atoms with Crippen LogP contribution in [0.3, 0.4) is 0 Å². The van der Waals surface area contributed by atoms with E-state index < -0.39 is 22.1 Å². The Morgan fingerprint density at radius 3 is 2.47 bits per heavy atom. The Balaban J connectivity index is 1.21. The molecule has 0 bridgehead atoms. The molecule has 5 rings (SSSR count). The smallest absolute Gasteiger partial charge is 0.382 e. The van der Waals surface area contributed by atoms with Gasteiger partial charge >= 0.3 is 12.1 Å². The molecule has 202 valence electrons. The van der Waals surface area contributed by atoms with Crippen molar-refractivity contribution in [2.45, 2.75) is 61.8 Å². The molecule has 0 atom stereocenters. The van der Waals surface area contributed by atoms with Crippen LogP contribution in [-0.2, 0) is 27.8 Å². The van der Waals surface area contributed by atoms with Gasteiger partial charge in [0.2, 0.25) is 10.0 Å². The van der Waals surface area contributed by atoms with Gasteiger partial charge < -0.3 is 10.2 Å². The van der Waals surface area contributed by atoms with Crippen LogP contribution in [0.4, 0.5) is 18.9 Å². The Morgan fingerprint density at radius 1 is 1.00 bits per heavy atom. The molecule has 0 unspecified atom stereocenters. The largest absolute Gasteiger partial charge is 0.471 e. The van der Waals surface area contributed by atoms with E-state index in [0.29, 0.717) is 28.3 Å². The van der Waals surface area contributed by atoms with E-state index in [1.54, 1.807) is 18.3 Å². The van der Waals surface area contributed by atoms with Crippen LogP contribution in [0.1, 0.15) is 36.8 Å². The summed E-state index contributed by atoms with van der Waals surface area (Å²) in [4.78, 5) is 16.7. The molecular weight excluding hydrogens is 541 g/mol. The Labute approximate surface area is 223 Å². The maximum absolute atomic E-state index is 13.1. The van der Waals surface area contributed by atoms with Crippen molar-refractivity contribution in [1.82, 2.24) is 14.6 Å². The van der Waals surface area contributed by atoms with E-state index in [1.807, 2.05) is 18.2 Å². The average molecular weight is 567 g/mol. The third-order valence-electron chi connectivity index (χ3n) is 7.14. The number of sulfonamides is 1. The van der Waals surface area contributed by atoms with Gasteiger partial charge in [-0.2, -0.15) is 13.2 Å². The van der Waals surface area contributed by atoms with E-state index in [2.05, 4.69) is 15.0 Å². The van der Waals surface area contributed by atoms with Gasteiger partial charge in [-0.15, -0.1) is 0 Å². The second-order valence-electron chi connectivity index (χ2n) is 9.74. The number of carbonyl (C=O) groups is 1. The lowest BCUT2D eigenvalue weighted by molar-refractivity contribution is -0.186. The molecule has 1 fully saturated rings. The van der Waals surface area contributed by atoms with Crippen LogP contribution in [0.5, 0.6) is 0 Å². The van der Waals surface area contributed by atoms with Crippen molar-refractivity contribution in [1.29, 1.82) is 0 Å². The van der Waals surface area contributed by atoms with Gasteiger partial charge in [-0.25, -0.2) is 13.1 Å². The second kappa shape index (κ2) is 10.3. The highest BCUT2D eigenvalue weighted by atomic mass is 35.5. The summed E-state index contributed by atoms with van der Waals surface area (Å²) in [6.45, 7) is -0.334. The maximum atomic E-state index is 13.1. The summed E-state index contributed by atoms with van der Waals surface area (Å²) < 4.78 is 67.5. The summed E-state index contributed by atoms with van der Waals surface area (Å²) in [6, 6.07) is 11.8. The topological polar surface area (TPSA) is 91.4 Å². The molecule has 0 spiro atoms. The zero-order chi connectivity index (χ0) is 27.1. The zero-order valence-electron chi connectivity index (χ0n) is 20.3. The minimum atomic E-state index is -4.96. The quantitative estimate of drug-likeness (QED) is 0.452. The number of fused-ring (bicyclic) bond motifs is 2. The first-order valence-electron chi connectivity index (χ1n) is 12.3. The number of pyridine rings is 1. The predicted octanol–water partition coefficient (Wildman–Crippen LogP) is 5.04. The van der Waals surface area contributed by atoms with Crippen LogP contribution in [0.25, 0.3) is 10.9 Å². The highest BCUT2D eigenvalue weighted by Gasteiger charge is 2.43. The van der Waals surface area contributed by atoms with Gasteiger partial charge in [0.05, 0.1) is 10.4 Å². The lowest BCUT2D eigenvalue weighted by Crippen LogP contribution is -2.43. The summed E-state index contributed by atoms with van der Waals surface area (Å²) in [5.41, 5.74) is 2.89. The number of carbonyl (C=O) groups excluding carboxylic acids is 1. The Kier molecular flexibility index (Phi) is 7.27. The molecule has 2 heterocycles. The number of nitrogens with zero attached hydrogens (tertiary/aromatic N) is 2. The normalized spacial score (nSPS) is 20.3. The van der Waals surface area contributed by atoms with Gasteiger partial charge in [-0.3, -0.25) is 9.78 Å². The van der Waals surface area contributed by atoms with Gasteiger partial charge in [-0.1, -0.05) is 17.7 Å². The van der Waals surface area contributed by atoms with E-state index in [9.17, 15) is 26.4 Å². The first-order chi connectivity index (χ1) is 18.0. The number of rotatable bonds is 5. The van der Waals surface area contributed by atoms with Crippen LogP contribution in [0.15, 0.2) is 53.6 Å². The van der Waals surface area contributed by atoms with Gasteiger partial charge in [0.15, 0.2) is 0 Å². The number of hydrogen-bond acceptors (Lipinski definition) is 5. The van der Waals surface area contributed by atoms with Crippen LogP contribution in [0.2, 0.25) is 5.02 Å². The SMILES string of the molecule is O=C(N1CCc2ccc(S(=O)(=O)NC3CCC(Nc4ccnc5cc(Cl)ccc45)CC3)cc2C1)C(F)(F)F. The molecule has 1 amide bonds. The summed E-state index contributed by atoms with van der Waals surface area (Å²) in [5.74, 6) is -1.91. The monoisotopic (exact) mass is 566 g/mol. The fraction of sp³-hybridized carbons (Fsp3) is 0.385. The van der Waals surface area contributed by atoms with E-state index in [0.717, 1.165) is 35.0 Å². The summed E-state index contributed by atoms with van der Waals surface area (Å²) in [5, 5.41) is 5.12. The Bertz CT molecular complexity index is 1470. The molecule has 3 aromatic rings. The number of aromatic nitrogens is 1. The molecule has 12 heteroatoms. The number of halogens is 4. The highest BCUT2D eigenvalue weighted by molar-refractivity contribution is 7.89. The van der Waals surface area contributed by atoms with Crippen LogP contribution in [0, 0.1) is 0 Å². The van der Waals surface area contributed by atoms with E-state index in [4.69, 9.17) is 11.6 Å². The zero-order valence-corrected chi connectivity index (χ0v) is 21.8. The molecule has 7 nitrogen and oxygen atoms in total. The standard InChI is InChI=1S/C26H26ClF3N4O3S/c27-18-2-8-22-23(9-11-31-24(22)14-18)32-19-3-5-20(6-4-19)33-38(36,37)21-7-1-16-10-12-34(15-17(16)13-21)25(35)26(28,29)30/h1-2,7-9,11,13-14,19-20,33H,3-6,10,12,15H2,(H,31,32). The molecule has 38 heavy (non-hydrogen) atoms. The van der Waals surface area contributed by atoms with Gasteiger partial charge in [0.25, 0.3) is 0 Å². The lowest BCUT2D eigenvalue weighted by Gasteiger charge is -2.31. The summed E-state index contributed by atoms with van der Waals surface area (Å²) >= 11 is 6.07. The second-order valence-corrected chi connectivity index (χ2v) is 11.9. The van der Waals surface area contributed by atoms with Gasteiger partial charge in [0.1, 0.15) is 0 Å². The van der Waals surface area contributed by atoms with Crippen molar-refractivity contribution in [3.8, 4) is 0 Å². The average Bonchev–Trinajstić information content (AvgIpc) is 2.88. The number of alkyl halides is 3. The fourth-order valence-corrected chi connectivity index (χ4v) is 6.68. The lowest BCUT2D eigenvalue weighted by atomic mass is 9.91. The first kappa shape index (κ1) is 26.7. The Morgan fingerprint density at radius 2 is 1.74 bits per heavy atom. The van der Waals surface area contributed by atoms with Crippen LogP contribution < -0.4 is 10.0 Å². The summed E-state index contributed by atoms with van der Waals surface area (Å²) in [7, 11) is -3.89. The van der Waals surface area contributed by atoms with Crippen molar-refractivity contribution in [2.75, 3.05) is 11.9 Å². The molecular formula is C26H26ClF3N4O3S. The molecule has 0 saturated heterocycles. The fourth-order valence-electron chi connectivity index (χ4n) is 5.16. The van der Waals surface area contributed by atoms with E-state index in [-0.39, 0.29) is 36.5 Å². The number of hydrogen-bond donors (Lipinski definition) is 2. The van der Waals surface area contributed by atoms with Crippen LogP contribution in [-0.4, -0.2) is 49.0 Å². The van der Waals surface area contributed by atoms with Crippen molar-refractivity contribution in [2.24, 2.45) is 0 Å². The first-order valence-corrected chi connectivity index (χ1v) is 14.2. The van der Waals surface area contributed by atoms with Gasteiger partial charge in [0, 0.05) is 47.5 Å². The minimum Gasteiger partial charge on any atom is -0.382 e. The molecule has 1 saturated carbocycles. The van der Waals surface area contributed by atoms with Gasteiger partial charge in [-0.05, 0) is 79.6 Å². The molecule has 0 radical (unpaired) electrons. The third kappa shape index (κ3) is 5.74. The molecule has 2 aromatic carbocycles. The number of nitrogens with one attached hydrogen (secondary N) is 2. The number of benzene rings is 2. The van der Waals surface area contributed by atoms with Crippen LogP contribution >= 0.6 is 11.6 Å². The Hall–Kier alpha value is -2.89. The molecule has 1 aliphatic heterocycles. The van der Waals surface area contributed by atoms with E-state index in [1.165, 1.54) is 12.1 Å². The molecule has 1 aliphatic carbocycles. The predicted molar refractivity (Wildman–Crippen MR) is 138 cm³/mol. The maximum Gasteiger partial charge on any atom is 0.471 e. The van der Waals surface area contributed by atoms with Crippen molar-refractivity contribution < 1.29 is 26.4 Å². The van der Waals surface area contributed by atoms with Crippen molar-refractivity contribution in [3.05, 3.63) is 64.8 Å². The molecule has 2 N–H and O–H groups in total.